The molecule has 1 heterocycles. The van der Waals surface area contributed by atoms with E-state index in [1.54, 1.807) is 30.3 Å². The van der Waals surface area contributed by atoms with Gasteiger partial charge in [0.05, 0.1) is 17.5 Å². The minimum Gasteiger partial charge on any atom is -0.494 e. The van der Waals surface area contributed by atoms with Crippen LogP contribution in [-0.2, 0) is 4.79 Å². The summed E-state index contributed by atoms with van der Waals surface area (Å²) in [6.07, 6.45) is 1.81. The van der Waals surface area contributed by atoms with Crippen LogP contribution in [0.2, 0.25) is 0 Å². The Bertz CT molecular complexity index is 1150. The lowest BCUT2D eigenvalue weighted by atomic mass is 10.1. The van der Waals surface area contributed by atoms with E-state index in [0.717, 1.165) is 11.1 Å². The van der Waals surface area contributed by atoms with Gasteiger partial charge >= 0.3 is 0 Å². The Balaban J connectivity index is 2.13. The van der Waals surface area contributed by atoms with Gasteiger partial charge in [0.1, 0.15) is 0 Å². The minimum atomic E-state index is -0.346. The average Bonchev–Trinajstić information content (AvgIpc) is 2.71. The lowest BCUT2D eigenvalue weighted by molar-refractivity contribution is -0.121. The highest BCUT2D eigenvalue weighted by Crippen LogP contribution is 2.26. The number of rotatable bonds is 6. The van der Waals surface area contributed by atoms with Crippen molar-refractivity contribution < 1.29 is 15.0 Å². The van der Waals surface area contributed by atoms with Gasteiger partial charge in [-0.2, -0.15) is 5.10 Å². The van der Waals surface area contributed by atoms with Crippen molar-refractivity contribution in [3.8, 4) is 11.6 Å². The van der Waals surface area contributed by atoms with Crippen molar-refractivity contribution in [2.24, 2.45) is 5.10 Å². The summed E-state index contributed by atoms with van der Waals surface area (Å²) in [5, 5.41) is 24.6. The summed E-state index contributed by atoms with van der Waals surface area (Å²) < 4.78 is 1.24. The van der Waals surface area contributed by atoms with Gasteiger partial charge < -0.3 is 10.2 Å². The molecule has 1 amide bonds. The Morgan fingerprint density at radius 2 is 1.86 bits per heavy atom. The number of aliphatic hydroxyl groups excluding tert-OH is 1. The predicted molar refractivity (Wildman–Crippen MR) is 113 cm³/mol. The maximum atomic E-state index is 13.1. The van der Waals surface area contributed by atoms with Gasteiger partial charge in [0.2, 0.25) is 11.8 Å². The number of aliphatic hydroxyl groups is 1. The van der Waals surface area contributed by atoms with Gasteiger partial charge in [-0.15, -0.1) is 0 Å². The fourth-order valence-corrected chi connectivity index (χ4v) is 3.06. The van der Waals surface area contributed by atoms with Crippen LogP contribution in [0.3, 0.4) is 0 Å². The van der Waals surface area contributed by atoms with Crippen molar-refractivity contribution in [3.05, 3.63) is 69.5 Å². The molecule has 3 N–H and O–H groups in total. The number of carbonyl (C=O) groups is 1. The van der Waals surface area contributed by atoms with E-state index in [1.807, 2.05) is 26.0 Å². The SMILES string of the molecule is Cc1ccc(-n2c(O)c(/C=N/NC(=O)CCCO)c3ccccc3c2=O)cc1C. The van der Waals surface area contributed by atoms with Gasteiger partial charge in [0, 0.05) is 23.8 Å². The number of benzene rings is 2. The number of carbonyl (C=O) groups excluding carboxylic acids is 1. The topological polar surface area (TPSA) is 104 Å². The molecule has 0 atom stereocenters. The number of amides is 1. The molecule has 150 valence electrons. The van der Waals surface area contributed by atoms with Crippen molar-refractivity contribution in [2.75, 3.05) is 6.61 Å². The van der Waals surface area contributed by atoms with Crippen LogP contribution in [0.4, 0.5) is 0 Å². The van der Waals surface area contributed by atoms with E-state index in [4.69, 9.17) is 5.11 Å². The lowest BCUT2D eigenvalue weighted by Crippen LogP contribution is -2.21. The smallest absolute Gasteiger partial charge is 0.265 e. The minimum absolute atomic E-state index is 0.0799. The number of hydrogen-bond acceptors (Lipinski definition) is 5. The molecule has 0 aliphatic rings. The van der Waals surface area contributed by atoms with Crippen molar-refractivity contribution in [3.63, 3.8) is 0 Å². The number of hydrazone groups is 1. The highest BCUT2D eigenvalue weighted by atomic mass is 16.3. The zero-order valence-electron chi connectivity index (χ0n) is 16.3. The maximum absolute atomic E-state index is 13.1. The third-order valence-electron chi connectivity index (χ3n) is 4.80. The quantitative estimate of drug-likeness (QED) is 0.442. The molecule has 7 heteroatoms. The first kappa shape index (κ1) is 20.3. The van der Waals surface area contributed by atoms with Gasteiger partial charge in [-0.25, -0.2) is 9.99 Å². The molecule has 0 radical (unpaired) electrons. The first-order valence-corrected chi connectivity index (χ1v) is 9.31. The number of nitrogens with one attached hydrogen (secondary N) is 1. The monoisotopic (exact) mass is 393 g/mol. The van der Waals surface area contributed by atoms with E-state index >= 15 is 0 Å². The van der Waals surface area contributed by atoms with Crippen LogP contribution in [0.5, 0.6) is 5.88 Å². The molecule has 29 heavy (non-hydrogen) atoms. The second-order valence-corrected chi connectivity index (χ2v) is 6.81. The summed E-state index contributed by atoms with van der Waals surface area (Å²) in [6, 6.07) is 12.4. The molecule has 0 unspecified atom stereocenters. The molecule has 2 aromatic carbocycles. The van der Waals surface area contributed by atoms with E-state index in [9.17, 15) is 14.7 Å². The van der Waals surface area contributed by atoms with Crippen LogP contribution in [-0.4, -0.2) is 33.5 Å². The number of pyridine rings is 1. The van der Waals surface area contributed by atoms with Crippen molar-refractivity contribution >= 4 is 22.9 Å². The molecule has 0 aliphatic carbocycles. The molecule has 0 aliphatic heterocycles. The summed E-state index contributed by atoms with van der Waals surface area (Å²) in [4.78, 5) is 24.8. The van der Waals surface area contributed by atoms with E-state index in [0.29, 0.717) is 28.4 Å². The van der Waals surface area contributed by atoms with Crippen LogP contribution in [0, 0.1) is 13.8 Å². The second kappa shape index (κ2) is 8.70. The second-order valence-electron chi connectivity index (χ2n) is 6.81. The Labute approximate surface area is 167 Å². The van der Waals surface area contributed by atoms with Crippen LogP contribution in [0.15, 0.2) is 52.4 Å². The van der Waals surface area contributed by atoms with Crippen LogP contribution < -0.4 is 11.0 Å². The first-order valence-electron chi connectivity index (χ1n) is 9.31. The van der Waals surface area contributed by atoms with Crippen molar-refractivity contribution in [1.29, 1.82) is 0 Å². The molecule has 0 saturated carbocycles. The largest absolute Gasteiger partial charge is 0.494 e. The normalized spacial score (nSPS) is 11.3. The van der Waals surface area contributed by atoms with E-state index < -0.39 is 0 Å². The van der Waals surface area contributed by atoms with Gasteiger partial charge in [-0.05, 0) is 49.6 Å². The third-order valence-corrected chi connectivity index (χ3v) is 4.80. The number of aromatic nitrogens is 1. The van der Waals surface area contributed by atoms with Crippen LogP contribution >= 0.6 is 0 Å². The van der Waals surface area contributed by atoms with Crippen molar-refractivity contribution in [2.45, 2.75) is 26.7 Å². The molecular weight excluding hydrogens is 370 g/mol. The fourth-order valence-electron chi connectivity index (χ4n) is 3.06. The van der Waals surface area contributed by atoms with Crippen molar-refractivity contribution in [1.82, 2.24) is 9.99 Å². The van der Waals surface area contributed by atoms with Crippen LogP contribution in [0.1, 0.15) is 29.5 Å². The molecule has 1 aromatic heterocycles. The highest BCUT2D eigenvalue weighted by molar-refractivity contribution is 6.02. The van der Waals surface area contributed by atoms with Gasteiger partial charge in [0.25, 0.3) is 5.56 Å². The number of aromatic hydroxyl groups is 1. The molecule has 3 aromatic rings. The maximum Gasteiger partial charge on any atom is 0.265 e. The molecule has 0 saturated heterocycles. The molecule has 3 rings (SSSR count). The standard InChI is InChI=1S/C22H23N3O4/c1-14-9-10-16(12-15(14)2)25-21(28)18-7-4-3-6-17(18)19(22(25)29)13-23-24-20(27)8-5-11-26/h3-4,6-7,9-10,12-13,26,29H,5,8,11H2,1-2H3,(H,24,27)/b23-13+. The Kier molecular flexibility index (Phi) is 6.09. The molecule has 0 fully saturated rings. The van der Waals surface area contributed by atoms with Gasteiger partial charge in [-0.3, -0.25) is 9.59 Å². The number of aryl methyl sites for hydroxylation is 2. The van der Waals surface area contributed by atoms with Gasteiger partial charge in [-0.1, -0.05) is 24.3 Å². The van der Waals surface area contributed by atoms with Gasteiger partial charge in [0.15, 0.2) is 0 Å². The van der Waals surface area contributed by atoms with Crippen LogP contribution in [0.25, 0.3) is 16.5 Å². The average molecular weight is 393 g/mol. The summed E-state index contributed by atoms with van der Waals surface area (Å²) in [5.74, 6) is -0.605. The summed E-state index contributed by atoms with van der Waals surface area (Å²) >= 11 is 0. The molecule has 0 bridgehead atoms. The lowest BCUT2D eigenvalue weighted by Gasteiger charge is -2.14. The van der Waals surface area contributed by atoms with E-state index in [1.165, 1.54) is 10.8 Å². The number of fused-ring (bicyclic) bond motifs is 1. The summed E-state index contributed by atoms with van der Waals surface area (Å²) in [5.41, 5.74) is 4.96. The number of hydrogen-bond donors (Lipinski definition) is 3. The number of nitrogens with zero attached hydrogens (tertiary/aromatic N) is 2. The zero-order valence-corrected chi connectivity index (χ0v) is 16.3. The highest BCUT2D eigenvalue weighted by Gasteiger charge is 2.16. The third kappa shape index (κ3) is 4.20. The summed E-state index contributed by atoms with van der Waals surface area (Å²) in [7, 11) is 0. The fraction of sp³-hybridized carbons (Fsp3) is 0.227. The van der Waals surface area contributed by atoms with E-state index in [2.05, 4.69) is 10.5 Å². The molecule has 7 nitrogen and oxygen atoms in total. The Morgan fingerprint density at radius 1 is 1.14 bits per heavy atom. The Morgan fingerprint density at radius 3 is 2.55 bits per heavy atom. The van der Waals surface area contributed by atoms with E-state index in [-0.39, 0.29) is 30.4 Å². The zero-order chi connectivity index (χ0) is 21.0. The first-order chi connectivity index (χ1) is 13.9. The molecule has 0 spiro atoms. The summed E-state index contributed by atoms with van der Waals surface area (Å²) in [6.45, 7) is 3.83. The predicted octanol–water partition coefficient (Wildman–Crippen LogP) is 2.54. The Hall–Kier alpha value is -3.45. The molecular formula is C22H23N3O4.